The maximum absolute atomic E-state index is 3.95. The fourth-order valence-electron chi connectivity index (χ4n) is 5.94. The Kier molecular flexibility index (Phi) is 4.94. The van der Waals surface area contributed by atoms with E-state index in [0.717, 1.165) is 0 Å². The first-order chi connectivity index (χ1) is 18.2. The molecule has 0 fully saturated rings. The summed E-state index contributed by atoms with van der Waals surface area (Å²) in [5.74, 6) is 0. The van der Waals surface area contributed by atoms with Crippen LogP contribution in [0.3, 0.4) is 0 Å². The highest BCUT2D eigenvalue weighted by Gasteiger charge is 2.11. The normalized spacial score (nSPS) is 12.9. The van der Waals surface area contributed by atoms with Crippen molar-refractivity contribution < 1.29 is 0 Å². The van der Waals surface area contributed by atoms with Crippen molar-refractivity contribution in [3.8, 4) is 11.1 Å². The Labute approximate surface area is 216 Å². The first-order valence-corrected chi connectivity index (χ1v) is 12.8. The van der Waals surface area contributed by atoms with Gasteiger partial charge in [-0.25, -0.2) is 0 Å². The van der Waals surface area contributed by atoms with Gasteiger partial charge >= 0.3 is 0 Å². The zero-order valence-corrected chi connectivity index (χ0v) is 20.8. The van der Waals surface area contributed by atoms with Crippen LogP contribution in [0.4, 0.5) is 0 Å². The Balaban J connectivity index is 1.54. The average molecular weight is 471 g/mol. The molecule has 0 aromatic heterocycles. The Morgan fingerprint density at radius 3 is 1.73 bits per heavy atom. The summed E-state index contributed by atoms with van der Waals surface area (Å²) in [5.41, 5.74) is 2.54. The van der Waals surface area contributed by atoms with Crippen LogP contribution >= 0.6 is 0 Å². The summed E-state index contributed by atoms with van der Waals surface area (Å²) < 4.78 is 0. The molecule has 0 heterocycles. The van der Waals surface area contributed by atoms with E-state index in [1.807, 2.05) is 6.08 Å². The second-order valence-corrected chi connectivity index (χ2v) is 9.75. The second kappa shape index (κ2) is 8.47. The number of fused-ring (bicyclic) bond motifs is 6. The SMILES string of the molecule is C=CC=c1c(=CC)ccc2cc3c(-c4cccc5cc6c(ccc7ccccc76)cc45)cccc3cc12. The number of allylic oxidation sites excluding steroid dienone is 1. The Morgan fingerprint density at radius 1 is 0.486 bits per heavy atom. The molecular weight excluding hydrogens is 444 g/mol. The van der Waals surface area contributed by atoms with E-state index in [0.29, 0.717) is 0 Å². The predicted octanol–water partition coefficient (Wildman–Crippen LogP) is 8.89. The van der Waals surface area contributed by atoms with Crippen molar-refractivity contribution in [2.24, 2.45) is 0 Å². The van der Waals surface area contributed by atoms with Gasteiger partial charge in [0.2, 0.25) is 0 Å². The molecule has 7 aromatic rings. The summed E-state index contributed by atoms with van der Waals surface area (Å²) in [6, 6.07) is 40.4. The molecule has 0 heteroatoms. The summed E-state index contributed by atoms with van der Waals surface area (Å²) in [7, 11) is 0. The van der Waals surface area contributed by atoms with Gasteiger partial charge in [-0.2, -0.15) is 0 Å². The van der Waals surface area contributed by atoms with Crippen LogP contribution in [0.1, 0.15) is 6.92 Å². The molecule has 0 spiro atoms. The number of hydrogen-bond donors (Lipinski definition) is 0. The lowest BCUT2D eigenvalue weighted by Crippen LogP contribution is -2.24. The minimum absolute atomic E-state index is 1.23. The van der Waals surface area contributed by atoms with Gasteiger partial charge in [-0.15, -0.1) is 0 Å². The molecule has 0 N–H and O–H groups in total. The molecule has 37 heavy (non-hydrogen) atoms. The van der Waals surface area contributed by atoms with E-state index >= 15 is 0 Å². The van der Waals surface area contributed by atoms with E-state index in [1.165, 1.54) is 75.4 Å². The van der Waals surface area contributed by atoms with Gasteiger partial charge in [-0.3, -0.25) is 0 Å². The molecule has 0 aliphatic rings. The van der Waals surface area contributed by atoms with Crippen molar-refractivity contribution in [2.75, 3.05) is 0 Å². The predicted molar refractivity (Wildman–Crippen MR) is 163 cm³/mol. The van der Waals surface area contributed by atoms with E-state index < -0.39 is 0 Å². The highest BCUT2D eigenvalue weighted by atomic mass is 14.1. The van der Waals surface area contributed by atoms with Gasteiger partial charge in [0.25, 0.3) is 0 Å². The molecule has 0 radical (unpaired) electrons. The van der Waals surface area contributed by atoms with Gasteiger partial charge in [-0.1, -0.05) is 110 Å². The third-order valence-electron chi connectivity index (χ3n) is 7.72. The summed E-state index contributed by atoms with van der Waals surface area (Å²) in [5, 5.41) is 15.2. The molecule has 0 amide bonds. The van der Waals surface area contributed by atoms with Crippen LogP contribution in [0, 0.1) is 0 Å². The van der Waals surface area contributed by atoms with Gasteiger partial charge in [-0.05, 0) is 107 Å². The topological polar surface area (TPSA) is 0 Å². The van der Waals surface area contributed by atoms with Crippen molar-refractivity contribution in [1.82, 2.24) is 0 Å². The largest absolute Gasteiger partial charge is 0.0990 e. The standard InChI is InChI=1S/C37H26/c1-3-9-30-24(4-2)16-18-28-22-36-26(20-34(28)30)11-7-14-32(36)33-15-8-12-27-21-35-29(23-37(27)33)19-17-25-10-5-6-13-31(25)35/h3-23H,1H2,2H3. The van der Waals surface area contributed by atoms with Gasteiger partial charge in [0.05, 0.1) is 0 Å². The van der Waals surface area contributed by atoms with Crippen LogP contribution in [0.25, 0.3) is 77.1 Å². The molecule has 0 unspecified atom stereocenters. The third-order valence-corrected chi connectivity index (χ3v) is 7.72. The van der Waals surface area contributed by atoms with Gasteiger partial charge in [0.15, 0.2) is 0 Å². The molecule has 0 bridgehead atoms. The third kappa shape index (κ3) is 3.37. The van der Waals surface area contributed by atoms with Gasteiger partial charge < -0.3 is 0 Å². The molecule has 0 saturated carbocycles. The van der Waals surface area contributed by atoms with Crippen molar-refractivity contribution in [3.63, 3.8) is 0 Å². The van der Waals surface area contributed by atoms with E-state index in [9.17, 15) is 0 Å². The molecule has 0 nitrogen and oxygen atoms in total. The quantitative estimate of drug-likeness (QED) is 0.175. The van der Waals surface area contributed by atoms with Crippen LogP contribution in [-0.2, 0) is 0 Å². The summed E-state index contributed by atoms with van der Waals surface area (Å²) in [6.45, 7) is 6.04. The highest BCUT2D eigenvalue weighted by molar-refractivity contribution is 6.16. The molecule has 174 valence electrons. The van der Waals surface area contributed by atoms with E-state index in [1.54, 1.807) is 0 Å². The Bertz CT molecular complexity index is 2160. The van der Waals surface area contributed by atoms with E-state index in [-0.39, 0.29) is 0 Å². The van der Waals surface area contributed by atoms with Crippen LogP contribution < -0.4 is 10.4 Å². The van der Waals surface area contributed by atoms with Crippen molar-refractivity contribution in [2.45, 2.75) is 6.92 Å². The second-order valence-electron chi connectivity index (χ2n) is 9.75. The van der Waals surface area contributed by atoms with E-state index in [2.05, 4.69) is 135 Å². The number of hydrogen-bond acceptors (Lipinski definition) is 0. The summed E-state index contributed by atoms with van der Waals surface area (Å²) in [6.07, 6.45) is 6.16. The first-order valence-electron chi connectivity index (χ1n) is 12.8. The number of benzene rings is 7. The molecule has 0 aliphatic heterocycles. The Morgan fingerprint density at radius 2 is 1.03 bits per heavy atom. The van der Waals surface area contributed by atoms with Gasteiger partial charge in [0, 0.05) is 0 Å². The lowest BCUT2D eigenvalue weighted by Gasteiger charge is -2.13. The van der Waals surface area contributed by atoms with Crippen LogP contribution in [0.5, 0.6) is 0 Å². The minimum atomic E-state index is 1.23. The maximum atomic E-state index is 3.95. The zero-order valence-electron chi connectivity index (χ0n) is 20.8. The molecule has 0 saturated heterocycles. The summed E-state index contributed by atoms with van der Waals surface area (Å²) in [4.78, 5) is 0. The molecule has 0 atom stereocenters. The monoisotopic (exact) mass is 470 g/mol. The molecular formula is C37H26. The zero-order chi connectivity index (χ0) is 24.9. The van der Waals surface area contributed by atoms with Crippen molar-refractivity contribution >= 4 is 66.0 Å². The van der Waals surface area contributed by atoms with Crippen LogP contribution in [-0.4, -0.2) is 0 Å². The van der Waals surface area contributed by atoms with Crippen molar-refractivity contribution in [1.29, 1.82) is 0 Å². The number of rotatable bonds is 2. The summed E-state index contributed by atoms with van der Waals surface area (Å²) >= 11 is 0. The Hall–Kier alpha value is -4.68. The minimum Gasteiger partial charge on any atom is -0.0990 e. The molecule has 0 aliphatic carbocycles. The average Bonchev–Trinajstić information content (AvgIpc) is 2.95. The van der Waals surface area contributed by atoms with Crippen LogP contribution in [0.2, 0.25) is 0 Å². The van der Waals surface area contributed by atoms with Gasteiger partial charge in [0.1, 0.15) is 0 Å². The molecule has 7 rings (SSSR count). The van der Waals surface area contributed by atoms with Crippen LogP contribution in [0.15, 0.2) is 122 Å². The smallest absolute Gasteiger partial charge is 0.00988 e. The lowest BCUT2D eigenvalue weighted by atomic mass is 9.90. The van der Waals surface area contributed by atoms with Crippen molar-refractivity contribution in [3.05, 3.63) is 132 Å². The highest BCUT2D eigenvalue weighted by Crippen LogP contribution is 2.38. The molecule has 7 aromatic carbocycles. The maximum Gasteiger partial charge on any atom is -0.00988 e. The first kappa shape index (κ1) is 21.6. The fraction of sp³-hybridized carbons (Fsp3) is 0.0270. The lowest BCUT2D eigenvalue weighted by molar-refractivity contribution is 1.57. The fourth-order valence-corrected chi connectivity index (χ4v) is 5.94. The van der Waals surface area contributed by atoms with E-state index in [4.69, 9.17) is 0 Å².